The van der Waals surface area contributed by atoms with E-state index in [9.17, 15) is 9.59 Å². The maximum atomic E-state index is 13.2. The summed E-state index contributed by atoms with van der Waals surface area (Å²) in [5.74, 6) is 0.248. The fourth-order valence-electron chi connectivity index (χ4n) is 3.83. The molecule has 2 aliphatic heterocycles. The number of anilines is 1. The van der Waals surface area contributed by atoms with E-state index in [0.29, 0.717) is 33.8 Å². The number of unbranched alkanes of at least 4 members (excludes halogenated alkanes) is 1. The van der Waals surface area contributed by atoms with Crippen molar-refractivity contribution in [2.75, 3.05) is 18.0 Å². The second-order valence-electron chi connectivity index (χ2n) is 7.38. The van der Waals surface area contributed by atoms with Crippen molar-refractivity contribution in [1.29, 1.82) is 0 Å². The number of nitrogens with zero attached hydrogens (tertiary/aromatic N) is 2. The van der Waals surface area contributed by atoms with Gasteiger partial charge in [0.15, 0.2) is 0 Å². The lowest BCUT2D eigenvalue weighted by atomic mass is 9.98. The molecule has 0 spiro atoms. The van der Waals surface area contributed by atoms with Crippen LogP contribution >= 0.6 is 24.0 Å². The number of fused-ring (bicyclic) bond motifs is 1. The predicted molar refractivity (Wildman–Crippen MR) is 121 cm³/mol. The molecule has 1 fully saturated rings. The number of hydrogen-bond donors (Lipinski definition) is 0. The second kappa shape index (κ2) is 9.23. The number of hydrogen-bond acceptors (Lipinski definition) is 4. The molecule has 4 nitrogen and oxygen atoms in total. The lowest BCUT2D eigenvalue weighted by Crippen LogP contribution is -2.33. The van der Waals surface area contributed by atoms with E-state index in [2.05, 4.69) is 20.8 Å². The minimum Gasteiger partial charge on any atom is -0.308 e. The van der Waals surface area contributed by atoms with Crippen LogP contribution in [0.25, 0.3) is 5.57 Å². The quantitative estimate of drug-likeness (QED) is 0.430. The van der Waals surface area contributed by atoms with E-state index in [1.165, 1.54) is 11.8 Å². The molecule has 28 heavy (non-hydrogen) atoms. The number of thioether (sulfide) groups is 1. The zero-order valence-corrected chi connectivity index (χ0v) is 18.5. The summed E-state index contributed by atoms with van der Waals surface area (Å²) in [6.45, 7) is 7.69. The summed E-state index contributed by atoms with van der Waals surface area (Å²) in [6, 6.07) is 7.73. The van der Waals surface area contributed by atoms with Crippen molar-refractivity contribution in [3.05, 3.63) is 34.7 Å². The van der Waals surface area contributed by atoms with Gasteiger partial charge in [0.25, 0.3) is 11.8 Å². The fraction of sp³-hybridized carbons (Fsp3) is 0.500. The van der Waals surface area contributed by atoms with Crippen LogP contribution < -0.4 is 4.90 Å². The third-order valence-electron chi connectivity index (χ3n) is 5.43. The molecule has 6 heteroatoms. The molecule has 0 N–H and O–H groups in total. The first-order chi connectivity index (χ1) is 13.5. The Morgan fingerprint density at radius 2 is 1.79 bits per heavy atom. The third-order valence-corrected chi connectivity index (χ3v) is 6.88. The van der Waals surface area contributed by atoms with Crippen LogP contribution in [-0.2, 0) is 9.59 Å². The number of rotatable bonds is 8. The molecule has 150 valence electrons. The summed E-state index contributed by atoms with van der Waals surface area (Å²) in [6.07, 6.45) is 5.30. The van der Waals surface area contributed by atoms with E-state index in [-0.39, 0.29) is 11.8 Å². The molecule has 2 amide bonds. The van der Waals surface area contributed by atoms with Gasteiger partial charge in [0.2, 0.25) is 0 Å². The van der Waals surface area contributed by atoms with E-state index in [1.807, 2.05) is 24.3 Å². The van der Waals surface area contributed by atoms with Crippen molar-refractivity contribution >= 4 is 51.4 Å². The standard InChI is InChI=1S/C22H28N2O2S2/c1-4-7-10-15(6-3)14-24-21(26)19(28-22(24)27)18-16-11-8-9-12-17(16)23(13-5-2)20(18)25/h8-9,11-12,15H,4-7,10,13-14H2,1-3H3/b19-18-/t15-/m1/s1. The number of para-hydroxylation sites is 1. The molecule has 3 rings (SSSR count). The van der Waals surface area contributed by atoms with E-state index in [0.717, 1.165) is 43.4 Å². The third kappa shape index (κ3) is 3.90. The van der Waals surface area contributed by atoms with E-state index < -0.39 is 0 Å². The Hall–Kier alpha value is -1.66. The van der Waals surface area contributed by atoms with Crippen LogP contribution in [0.15, 0.2) is 29.2 Å². The van der Waals surface area contributed by atoms with Crippen molar-refractivity contribution in [3.63, 3.8) is 0 Å². The van der Waals surface area contributed by atoms with Gasteiger partial charge in [0.1, 0.15) is 4.32 Å². The van der Waals surface area contributed by atoms with Crippen molar-refractivity contribution in [2.45, 2.75) is 52.9 Å². The number of thiocarbonyl (C=S) groups is 1. The van der Waals surface area contributed by atoms with Gasteiger partial charge in [-0.2, -0.15) is 0 Å². The first kappa shape index (κ1) is 21.1. The van der Waals surface area contributed by atoms with Crippen LogP contribution in [-0.4, -0.2) is 34.1 Å². The van der Waals surface area contributed by atoms with Crippen LogP contribution in [0.4, 0.5) is 5.69 Å². The first-order valence-electron chi connectivity index (χ1n) is 10.2. The van der Waals surface area contributed by atoms with Crippen LogP contribution in [0.3, 0.4) is 0 Å². The zero-order valence-electron chi connectivity index (χ0n) is 16.9. The van der Waals surface area contributed by atoms with Gasteiger partial charge >= 0.3 is 0 Å². The van der Waals surface area contributed by atoms with E-state index in [4.69, 9.17) is 12.2 Å². The summed E-state index contributed by atoms with van der Waals surface area (Å²) in [7, 11) is 0. The zero-order chi connectivity index (χ0) is 20.3. The molecule has 1 saturated heterocycles. The molecular formula is C22H28N2O2S2. The number of benzene rings is 1. The number of amides is 2. The van der Waals surface area contributed by atoms with E-state index in [1.54, 1.807) is 9.80 Å². The van der Waals surface area contributed by atoms with Gasteiger partial charge in [-0.15, -0.1) is 0 Å². The van der Waals surface area contributed by atoms with E-state index >= 15 is 0 Å². The van der Waals surface area contributed by atoms with Gasteiger partial charge < -0.3 is 4.90 Å². The van der Waals surface area contributed by atoms with Crippen molar-refractivity contribution in [3.8, 4) is 0 Å². The predicted octanol–water partition coefficient (Wildman–Crippen LogP) is 5.23. The maximum absolute atomic E-state index is 13.2. The lowest BCUT2D eigenvalue weighted by Gasteiger charge is -2.21. The molecule has 0 saturated carbocycles. The molecule has 0 bridgehead atoms. The average molecular weight is 417 g/mol. The highest BCUT2D eigenvalue weighted by Crippen LogP contribution is 2.44. The smallest absolute Gasteiger partial charge is 0.267 e. The molecular weight excluding hydrogens is 388 g/mol. The van der Waals surface area contributed by atoms with Crippen molar-refractivity contribution in [1.82, 2.24) is 4.90 Å². The first-order valence-corrected chi connectivity index (χ1v) is 11.4. The summed E-state index contributed by atoms with van der Waals surface area (Å²) in [5, 5.41) is 0. The molecule has 1 atom stereocenters. The van der Waals surface area contributed by atoms with Crippen LogP contribution in [0.2, 0.25) is 0 Å². The Kier molecular flexibility index (Phi) is 6.94. The highest BCUT2D eigenvalue weighted by molar-refractivity contribution is 8.26. The Labute approximate surface area is 177 Å². The second-order valence-corrected chi connectivity index (χ2v) is 9.02. The van der Waals surface area contributed by atoms with Gasteiger partial charge in [0.05, 0.1) is 16.2 Å². The van der Waals surface area contributed by atoms with Crippen LogP contribution in [0.5, 0.6) is 0 Å². The SMILES string of the molecule is CCCC[C@@H](CC)CN1C(=O)/C(=C2/C(=O)N(CCC)c3ccccc32)SC1=S. The van der Waals surface area contributed by atoms with Gasteiger partial charge in [-0.1, -0.05) is 82.2 Å². The highest BCUT2D eigenvalue weighted by Gasteiger charge is 2.42. The lowest BCUT2D eigenvalue weighted by molar-refractivity contribution is -0.123. The van der Waals surface area contributed by atoms with Gasteiger partial charge in [0, 0.05) is 18.7 Å². The van der Waals surface area contributed by atoms with Gasteiger partial charge in [-0.3, -0.25) is 14.5 Å². The molecule has 0 radical (unpaired) electrons. The van der Waals surface area contributed by atoms with Crippen LogP contribution in [0.1, 0.15) is 58.4 Å². The summed E-state index contributed by atoms with van der Waals surface area (Å²) in [5.41, 5.74) is 2.26. The summed E-state index contributed by atoms with van der Waals surface area (Å²) in [4.78, 5) is 30.4. The maximum Gasteiger partial charge on any atom is 0.267 e. The van der Waals surface area contributed by atoms with Gasteiger partial charge in [-0.05, 0) is 24.8 Å². The largest absolute Gasteiger partial charge is 0.308 e. The van der Waals surface area contributed by atoms with Crippen LogP contribution in [0, 0.1) is 5.92 Å². The minimum absolute atomic E-state index is 0.0819. The summed E-state index contributed by atoms with van der Waals surface area (Å²) < 4.78 is 0.571. The Balaban J connectivity index is 1.93. The molecule has 0 aliphatic carbocycles. The Morgan fingerprint density at radius 1 is 1.04 bits per heavy atom. The minimum atomic E-state index is -0.110. The Morgan fingerprint density at radius 3 is 2.46 bits per heavy atom. The Bertz CT molecular complexity index is 819. The topological polar surface area (TPSA) is 40.6 Å². The summed E-state index contributed by atoms with van der Waals surface area (Å²) >= 11 is 6.82. The molecule has 0 aromatic heterocycles. The highest BCUT2D eigenvalue weighted by atomic mass is 32.2. The molecule has 1 aromatic rings. The molecule has 1 aromatic carbocycles. The molecule has 2 aliphatic rings. The van der Waals surface area contributed by atoms with Crippen molar-refractivity contribution in [2.24, 2.45) is 5.92 Å². The van der Waals surface area contributed by atoms with Crippen molar-refractivity contribution < 1.29 is 9.59 Å². The normalized spacial score (nSPS) is 20.3. The number of carbonyl (C=O) groups is 2. The monoisotopic (exact) mass is 416 g/mol. The molecule has 2 heterocycles. The average Bonchev–Trinajstić information content (AvgIpc) is 3.13. The molecule has 0 unspecified atom stereocenters. The van der Waals surface area contributed by atoms with Gasteiger partial charge in [-0.25, -0.2) is 0 Å². The number of carbonyl (C=O) groups excluding carboxylic acids is 2. The fourth-order valence-corrected chi connectivity index (χ4v) is 5.17.